The largest absolute Gasteiger partial charge is 0.490 e. The number of aromatic amines is 1. The van der Waals surface area contributed by atoms with Gasteiger partial charge in [0.15, 0.2) is 0 Å². The molecule has 150 valence electrons. The van der Waals surface area contributed by atoms with Crippen molar-refractivity contribution < 1.29 is 18.7 Å². The van der Waals surface area contributed by atoms with Crippen LogP contribution < -0.4 is 4.74 Å². The van der Waals surface area contributed by atoms with Crippen LogP contribution in [-0.4, -0.2) is 49.2 Å². The topological polar surface area (TPSA) is 54.6 Å². The van der Waals surface area contributed by atoms with Crippen LogP contribution in [0.1, 0.15) is 22.3 Å². The van der Waals surface area contributed by atoms with Gasteiger partial charge in [-0.05, 0) is 42.3 Å². The van der Waals surface area contributed by atoms with E-state index in [1.54, 1.807) is 25.3 Å². The molecule has 0 spiro atoms. The Bertz CT molecular complexity index is 1060. The number of halogens is 1. The summed E-state index contributed by atoms with van der Waals surface area (Å²) in [6.07, 6.45) is 4.72. The Morgan fingerprint density at radius 2 is 2.07 bits per heavy atom. The smallest absolute Gasteiger partial charge is 0.257 e. The highest BCUT2D eigenvalue weighted by atomic mass is 19.1. The molecule has 0 atom stereocenters. The number of carbonyl (C=O) groups excluding carboxylic acids is 1. The molecule has 0 aliphatic carbocycles. The summed E-state index contributed by atoms with van der Waals surface area (Å²) in [5.74, 6) is 0.268. The van der Waals surface area contributed by atoms with E-state index in [-0.39, 0.29) is 11.7 Å². The molecule has 1 aliphatic heterocycles. The third-order valence-corrected chi connectivity index (χ3v) is 5.15. The maximum Gasteiger partial charge on any atom is 0.257 e. The average Bonchev–Trinajstić information content (AvgIpc) is 3.17. The van der Waals surface area contributed by atoms with Crippen LogP contribution in [0, 0.1) is 5.82 Å². The van der Waals surface area contributed by atoms with Crippen molar-refractivity contribution >= 4 is 22.4 Å². The zero-order chi connectivity index (χ0) is 20.2. The number of carbonyl (C=O) groups is 1. The number of ether oxygens (including phenoxy) is 2. The summed E-state index contributed by atoms with van der Waals surface area (Å²) in [5, 5.41) is 0.995. The Morgan fingerprint density at radius 3 is 2.86 bits per heavy atom. The first-order valence-corrected chi connectivity index (χ1v) is 9.63. The van der Waals surface area contributed by atoms with Crippen LogP contribution >= 0.6 is 0 Å². The summed E-state index contributed by atoms with van der Waals surface area (Å²) in [5.41, 5.74) is 3.57. The number of para-hydroxylation sites is 1. The molecule has 0 fully saturated rings. The van der Waals surface area contributed by atoms with E-state index in [1.807, 2.05) is 23.2 Å². The highest BCUT2D eigenvalue weighted by molar-refractivity contribution is 5.98. The van der Waals surface area contributed by atoms with Crippen LogP contribution in [0.15, 0.2) is 54.7 Å². The summed E-state index contributed by atoms with van der Waals surface area (Å²) < 4.78 is 24.1. The van der Waals surface area contributed by atoms with E-state index in [1.165, 1.54) is 12.1 Å². The van der Waals surface area contributed by atoms with E-state index < -0.39 is 0 Å². The number of H-pyrrole nitrogens is 1. The number of nitrogens with one attached hydrogen (secondary N) is 1. The lowest BCUT2D eigenvalue weighted by atomic mass is 9.98. The Labute approximate surface area is 168 Å². The van der Waals surface area contributed by atoms with Gasteiger partial charge in [-0.15, -0.1) is 0 Å². The number of aromatic nitrogens is 1. The third kappa shape index (κ3) is 4.03. The predicted octanol–water partition coefficient (Wildman–Crippen LogP) is 4.26. The second-order valence-corrected chi connectivity index (χ2v) is 6.96. The molecule has 2 heterocycles. The highest BCUT2D eigenvalue weighted by Crippen LogP contribution is 2.30. The molecule has 6 heteroatoms. The van der Waals surface area contributed by atoms with E-state index in [0.29, 0.717) is 37.6 Å². The monoisotopic (exact) mass is 394 g/mol. The molecule has 0 unspecified atom stereocenters. The van der Waals surface area contributed by atoms with Crippen molar-refractivity contribution in [1.29, 1.82) is 0 Å². The number of hydrogen-bond acceptors (Lipinski definition) is 3. The van der Waals surface area contributed by atoms with Gasteiger partial charge in [-0.1, -0.05) is 18.2 Å². The summed E-state index contributed by atoms with van der Waals surface area (Å²) in [4.78, 5) is 18.0. The first-order chi connectivity index (χ1) is 14.2. The number of rotatable bonds is 6. The quantitative estimate of drug-likeness (QED) is 0.636. The second kappa shape index (κ2) is 8.49. The number of benzene rings is 2. The van der Waals surface area contributed by atoms with Gasteiger partial charge in [0, 0.05) is 42.9 Å². The Balaban J connectivity index is 1.50. The Kier molecular flexibility index (Phi) is 5.62. The Hall–Kier alpha value is -3.12. The molecule has 0 radical (unpaired) electrons. The van der Waals surface area contributed by atoms with E-state index in [9.17, 15) is 9.18 Å². The minimum absolute atomic E-state index is 0.0469. The fraction of sp³-hybridized carbons (Fsp3) is 0.261. The summed E-state index contributed by atoms with van der Waals surface area (Å²) in [7, 11) is 1.61. The van der Waals surface area contributed by atoms with Gasteiger partial charge in [0.25, 0.3) is 5.91 Å². The lowest BCUT2D eigenvalue weighted by Crippen LogP contribution is -2.35. The Morgan fingerprint density at radius 1 is 1.21 bits per heavy atom. The van der Waals surface area contributed by atoms with E-state index in [2.05, 4.69) is 11.1 Å². The lowest BCUT2D eigenvalue weighted by Gasteiger charge is -2.27. The van der Waals surface area contributed by atoms with Crippen LogP contribution in [-0.2, 0) is 4.74 Å². The normalized spacial score (nSPS) is 14.1. The first-order valence-electron chi connectivity index (χ1n) is 9.63. The van der Waals surface area contributed by atoms with Gasteiger partial charge in [0.05, 0.1) is 12.2 Å². The SMILES string of the molecule is COCCOc1ccccc1C(=O)N1CC=C(c2c[nH]c3cc(F)ccc23)CC1. The zero-order valence-electron chi connectivity index (χ0n) is 16.3. The lowest BCUT2D eigenvalue weighted by molar-refractivity contribution is 0.0765. The van der Waals surface area contributed by atoms with Gasteiger partial charge >= 0.3 is 0 Å². The number of nitrogens with zero attached hydrogens (tertiary/aromatic N) is 1. The molecule has 29 heavy (non-hydrogen) atoms. The summed E-state index contributed by atoms with van der Waals surface area (Å²) in [6, 6.07) is 12.1. The fourth-order valence-electron chi connectivity index (χ4n) is 3.64. The number of methoxy groups -OCH3 is 1. The van der Waals surface area contributed by atoms with Gasteiger partial charge in [-0.2, -0.15) is 0 Å². The van der Waals surface area contributed by atoms with Gasteiger partial charge in [0.2, 0.25) is 0 Å². The van der Waals surface area contributed by atoms with Crippen LogP contribution in [0.2, 0.25) is 0 Å². The molecular formula is C23H23FN2O3. The predicted molar refractivity (Wildman–Crippen MR) is 111 cm³/mol. The molecule has 5 nitrogen and oxygen atoms in total. The standard InChI is InChI=1S/C23H23FN2O3/c1-28-12-13-29-22-5-3-2-4-19(22)23(27)26-10-8-16(9-11-26)20-15-25-21-14-17(24)6-7-18(20)21/h2-8,14-15,25H,9-13H2,1H3. The van der Waals surface area contributed by atoms with Crippen LogP contribution in [0.25, 0.3) is 16.5 Å². The van der Waals surface area contributed by atoms with E-state index >= 15 is 0 Å². The minimum Gasteiger partial charge on any atom is -0.490 e. The molecule has 4 rings (SSSR count). The first kappa shape index (κ1) is 19.2. The fourth-order valence-corrected chi connectivity index (χ4v) is 3.64. The van der Waals surface area contributed by atoms with Crippen molar-refractivity contribution in [3.05, 3.63) is 71.7 Å². The van der Waals surface area contributed by atoms with Crippen LogP contribution in [0.5, 0.6) is 5.75 Å². The molecule has 2 aromatic carbocycles. The van der Waals surface area contributed by atoms with Crippen molar-refractivity contribution in [1.82, 2.24) is 9.88 Å². The van der Waals surface area contributed by atoms with Crippen molar-refractivity contribution in [2.45, 2.75) is 6.42 Å². The maximum atomic E-state index is 13.4. The van der Waals surface area contributed by atoms with Gasteiger partial charge in [0.1, 0.15) is 18.2 Å². The van der Waals surface area contributed by atoms with Gasteiger partial charge < -0.3 is 19.4 Å². The third-order valence-electron chi connectivity index (χ3n) is 5.15. The molecule has 1 aromatic heterocycles. The average molecular weight is 394 g/mol. The molecule has 1 N–H and O–H groups in total. The summed E-state index contributed by atoms with van der Waals surface area (Å²) in [6.45, 7) is 2.00. The van der Waals surface area contributed by atoms with Crippen molar-refractivity contribution in [3.8, 4) is 5.75 Å². The zero-order valence-corrected chi connectivity index (χ0v) is 16.3. The van der Waals surface area contributed by atoms with Crippen molar-refractivity contribution in [2.75, 3.05) is 33.4 Å². The minimum atomic E-state index is -0.258. The summed E-state index contributed by atoms with van der Waals surface area (Å²) >= 11 is 0. The van der Waals surface area contributed by atoms with Crippen LogP contribution in [0.3, 0.4) is 0 Å². The number of hydrogen-bond donors (Lipinski definition) is 1. The molecule has 0 saturated heterocycles. The molecule has 0 bridgehead atoms. The molecule has 3 aromatic rings. The highest BCUT2D eigenvalue weighted by Gasteiger charge is 2.23. The van der Waals surface area contributed by atoms with Crippen LogP contribution in [0.4, 0.5) is 4.39 Å². The second-order valence-electron chi connectivity index (χ2n) is 6.96. The number of amides is 1. The van der Waals surface area contributed by atoms with Gasteiger partial charge in [-0.25, -0.2) is 4.39 Å². The van der Waals surface area contributed by atoms with Gasteiger partial charge in [-0.3, -0.25) is 4.79 Å². The number of fused-ring (bicyclic) bond motifs is 1. The molecule has 0 saturated carbocycles. The van der Waals surface area contributed by atoms with E-state index in [0.717, 1.165) is 28.5 Å². The van der Waals surface area contributed by atoms with E-state index in [4.69, 9.17) is 9.47 Å². The van der Waals surface area contributed by atoms with Crippen molar-refractivity contribution in [2.24, 2.45) is 0 Å². The maximum absolute atomic E-state index is 13.4. The molecule has 1 aliphatic rings. The molecule has 1 amide bonds. The molecular weight excluding hydrogens is 371 g/mol. The van der Waals surface area contributed by atoms with Crippen molar-refractivity contribution in [3.63, 3.8) is 0 Å².